The number of amides is 1. The van der Waals surface area contributed by atoms with Crippen molar-refractivity contribution in [1.82, 2.24) is 0 Å². The van der Waals surface area contributed by atoms with Crippen LogP contribution in [0.15, 0.2) is 16.6 Å². The summed E-state index contributed by atoms with van der Waals surface area (Å²) >= 11 is 9.13. The van der Waals surface area contributed by atoms with Crippen LogP contribution in [-0.2, 0) is 0 Å². The van der Waals surface area contributed by atoms with Gasteiger partial charge in [0.2, 0.25) is 0 Å². The third kappa shape index (κ3) is 1.89. The number of anilines is 1. The van der Waals surface area contributed by atoms with E-state index in [0.29, 0.717) is 34.1 Å². The van der Waals surface area contributed by atoms with E-state index in [9.17, 15) is 4.79 Å². The zero-order valence-corrected chi connectivity index (χ0v) is 9.88. The molecule has 2 rings (SSSR count). The molecule has 1 aliphatic rings. The van der Waals surface area contributed by atoms with Crippen molar-refractivity contribution in [3.63, 3.8) is 0 Å². The maximum atomic E-state index is 11.0. The number of benzene rings is 1. The van der Waals surface area contributed by atoms with Gasteiger partial charge in [-0.3, -0.25) is 4.90 Å². The highest BCUT2D eigenvalue weighted by Gasteiger charge is 2.25. The van der Waals surface area contributed by atoms with E-state index in [1.165, 1.54) is 4.90 Å². The van der Waals surface area contributed by atoms with Gasteiger partial charge >= 0.3 is 6.09 Å². The fourth-order valence-electron chi connectivity index (χ4n) is 1.45. The van der Waals surface area contributed by atoms with Gasteiger partial charge in [-0.25, -0.2) is 4.79 Å². The summed E-state index contributed by atoms with van der Waals surface area (Å²) in [5.41, 5.74) is 0.480. The number of halogens is 2. The van der Waals surface area contributed by atoms with Crippen LogP contribution in [0.25, 0.3) is 0 Å². The zero-order chi connectivity index (χ0) is 11.0. The van der Waals surface area contributed by atoms with Crippen LogP contribution in [0.3, 0.4) is 0 Å². The van der Waals surface area contributed by atoms with E-state index in [1.54, 1.807) is 12.1 Å². The lowest BCUT2D eigenvalue weighted by Gasteiger charge is -2.28. The molecular weight excluding hydrogens is 285 g/mol. The average Bonchev–Trinajstić information content (AvgIpc) is 2.16. The monoisotopic (exact) mass is 291 g/mol. The van der Waals surface area contributed by atoms with E-state index >= 15 is 0 Å². The summed E-state index contributed by atoms with van der Waals surface area (Å²) in [5.74, 6) is 0.521. The number of rotatable bonds is 0. The second-order valence-corrected chi connectivity index (χ2v) is 4.31. The first kappa shape index (κ1) is 10.6. The Morgan fingerprint density at radius 2 is 2.33 bits per heavy atom. The maximum absolute atomic E-state index is 11.0. The summed E-state index contributed by atoms with van der Waals surface area (Å²) in [6.45, 7) is 0.661. The first-order chi connectivity index (χ1) is 7.09. The van der Waals surface area contributed by atoms with Gasteiger partial charge in [-0.1, -0.05) is 11.6 Å². The van der Waals surface area contributed by atoms with E-state index in [-0.39, 0.29) is 0 Å². The number of carbonyl (C=O) groups is 1. The Morgan fingerprint density at radius 1 is 1.60 bits per heavy atom. The molecule has 0 aliphatic carbocycles. The first-order valence-corrected chi connectivity index (χ1v) is 5.39. The van der Waals surface area contributed by atoms with Gasteiger partial charge < -0.3 is 9.84 Å². The topological polar surface area (TPSA) is 49.8 Å². The molecule has 0 radical (unpaired) electrons. The number of hydrogen-bond donors (Lipinski definition) is 1. The van der Waals surface area contributed by atoms with Crippen LogP contribution in [0, 0.1) is 0 Å². The van der Waals surface area contributed by atoms with E-state index in [1.807, 2.05) is 0 Å². The quantitative estimate of drug-likeness (QED) is 0.800. The van der Waals surface area contributed by atoms with Crippen molar-refractivity contribution in [2.45, 2.75) is 0 Å². The highest BCUT2D eigenvalue weighted by molar-refractivity contribution is 9.10. The molecule has 15 heavy (non-hydrogen) atoms. The lowest BCUT2D eigenvalue weighted by molar-refractivity contribution is 0.196. The molecule has 1 amide bonds. The molecule has 0 atom stereocenters. The van der Waals surface area contributed by atoms with Crippen molar-refractivity contribution >= 4 is 39.3 Å². The maximum Gasteiger partial charge on any atom is 0.412 e. The molecular formula is C9H7BrClNO3. The highest BCUT2D eigenvalue weighted by atomic mass is 79.9. The summed E-state index contributed by atoms with van der Waals surface area (Å²) in [7, 11) is 0. The standard InChI is InChI=1S/C9H7BrClNO3/c10-6-3-5(11)4-7-8(6)15-2-1-12(7)9(13)14/h3-4H,1-2H2,(H,13,14). The molecule has 80 valence electrons. The van der Waals surface area contributed by atoms with Crippen LogP contribution in [0.2, 0.25) is 5.02 Å². The molecule has 0 fully saturated rings. The Labute approximate surface area is 99.5 Å². The molecule has 0 aromatic heterocycles. The van der Waals surface area contributed by atoms with Crippen LogP contribution in [0.1, 0.15) is 0 Å². The van der Waals surface area contributed by atoms with Crippen LogP contribution in [-0.4, -0.2) is 24.4 Å². The third-order valence-electron chi connectivity index (χ3n) is 2.07. The van der Waals surface area contributed by atoms with E-state index < -0.39 is 6.09 Å². The molecule has 0 bridgehead atoms. The Balaban J connectivity index is 2.55. The SMILES string of the molecule is O=C(O)N1CCOc2c(Br)cc(Cl)cc21. The number of carboxylic acid groups (broad SMARTS) is 1. The van der Waals surface area contributed by atoms with Gasteiger partial charge in [-0.15, -0.1) is 0 Å². The molecule has 6 heteroatoms. The smallest absolute Gasteiger partial charge is 0.412 e. The van der Waals surface area contributed by atoms with Gasteiger partial charge in [0.1, 0.15) is 6.61 Å². The molecule has 1 aliphatic heterocycles. The largest absolute Gasteiger partial charge is 0.488 e. The van der Waals surface area contributed by atoms with Crippen LogP contribution in [0.4, 0.5) is 10.5 Å². The van der Waals surface area contributed by atoms with Crippen LogP contribution in [0.5, 0.6) is 5.75 Å². The van der Waals surface area contributed by atoms with Crippen LogP contribution >= 0.6 is 27.5 Å². The van der Waals surface area contributed by atoms with Crippen molar-refractivity contribution in [3.8, 4) is 5.75 Å². The minimum absolute atomic E-state index is 0.315. The van der Waals surface area contributed by atoms with Crippen molar-refractivity contribution in [3.05, 3.63) is 21.6 Å². The van der Waals surface area contributed by atoms with Gasteiger partial charge in [-0.05, 0) is 28.1 Å². The molecule has 0 unspecified atom stereocenters. The summed E-state index contributed by atoms with van der Waals surface area (Å²) < 4.78 is 6.04. The van der Waals surface area contributed by atoms with E-state index in [0.717, 1.165) is 0 Å². The Hall–Kier alpha value is -0.940. The minimum atomic E-state index is -1.01. The molecule has 0 spiro atoms. The molecule has 4 nitrogen and oxygen atoms in total. The average molecular weight is 293 g/mol. The van der Waals surface area contributed by atoms with Crippen molar-refractivity contribution < 1.29 is 14.6 Å². The molecule has 0 saturated carbocycles. The minimum Gasteiger partial charge on any atom is -0.488 e. The second-order valence-electron chi connectivity index (χ2n) is 3.02. The third-order valence-corrected chi connectivity index (χ3v) is 2.88. The normalized spacial score (nSPS) is 14.4. The van der Waals surface area contributed by atoms with E-state index in [4.69, 9.17) is 21.4 Å². The zero-order valence-electron chi connectivity index (χ0n) is 7.54. The number of fused-ring (bicyclic) bond motifs is 1. The molecule has 1 N–H and O–H groups in total. The van der Waals surface area contributed by atoms with Gasteiger partial charge in [0, 0.05) is 5.02 Å². The predicted molar refractivity (Wildman–Crippen MR) is 60.0 cm³/mol. The van der Waals surface area contributed by atoms with Gasteiger partial charge in [0.05, 0.1) is 16.7 Å². The van der Waals surface area contributed by atoms with E-state index in [2.05, 4.69) is 15.9 Å². The van der Waals surface area contributed by atoms with Gasteiger partial charge in [0.15, 0.2) is 5.75 Å². The number of hydrogen-bond acceptors (Lipinski definition) is 2. The number of ether oxygens (including phenoxy) is 1. The highest BCUT2D eigenvalue weighted by Crippen LogP contribution is 2.40. The lowest BCUT2D eigenvalue weighted by atomic mass is 10.2. The summed E-state index contributed by atoms with van der Waals surface area (Å²) in [6.07, 6.45) is -1.01. The first-order valence-electron chi connectivity index (χ1n) is 4.22. The predicted octanol–water partition coefficient (Wildman–Crippen LogP) is 2.98. The Morgan fingerprint density at radius 3 is 3.00 bits per heavy atom. The van der Waals surface area contributed by atoms with Gasteiger partial charge in [0.25, 0.3) is 0 Å². The van der Waals surface area contributed by atoms with Crippen LogP contribution < -0.4 is 9.64 Å². The summed E-state index contributed by atoms with van der Waals surface area (Å²) in [4.78, 5) is 12.2. The van der Waals surface area contributed by atoms with Crippen molar-refractivity contribution in [1.29, 1.82) is 0 Å². The molecule has 0 saturated heterocycles. The van der Waals surface area contributed by atoms with Crippen molar-refractivity contribution in [2.75, 3.05) is 18.1 Å². The number of nitrogens with zero attached hydrogens (tertiary/aromatic N) is 1. The molecule has 1 heterocycles. The fraction of sp³-hybridized carbons (Fsp3) is 0.222. The van der Waals surface area contributed by atoms with Crippen molar-refractivity contribution in [2.24, 2.45) is 0 Å². The summed E-state index contributed by atoms with van der Waals surface area (Å²) in [6, 6.07) is 3.25. The Bertz CT molecular complexity index is 424. The molecule has 1 aromatic rings. The second kappa shape index (κ2) is 3.90. The summed E-state index contributed by atoms with van der Waals surface area (Å²) in [5, 5.41) is 9.45. The molecule has 1 aromatic carbocycles. The lowest BCUT2D eigenvalue weighted by Crippen LogP contribution is -2.36. The Kier molecular flexibility index (Phi) is 2.75. The fourth-order valence-corrected chi connectivity index (χ4v) is 2.36. The van der Waals surface area contributed by atoms with Gasteiger partial charge in [-0.2, -0.15) is 0 Å².